The third-order valence-corrected chi connectivity index (χ3v) is 3.52. The molecule has 100 valence electrons. The van der Waals surface area contributed by atoms with Crippen LogP contribution in [0.1, 0.15) is 43.2 Å². The molecular weight excluding hydrogens is 245 g/mol. The van der Waals surface area contributed by atoms with E-state index in [-0.39, 0.29) is 5.56 Å². The molecule has 0 atom stereocenters. The quantitative estimate of drug-likeness (QED) is 0.810. The summed E-state index contributed by atoms with van der Waals surface area (Å²) in [7, 11) is 0. The Morgan fingerprint density at radius 2 is 1.67 bits per heavy atom. The number of hydrogen-bond donors (Lipinski definition) is 2. The van der Waals surface area contributed by atoms with E-state index in [1.54, 1.807) is 0 Å². The average molecular weight is 260 g/mol. The number of halogens is 3. The highest BCUT2D eigenvalue weighted by molar-refractivity contribution is 5.45. The molecule has 0 amide bonds. The highest BCUT2D eigenvalue weighted by Gasteiger charge is 2.39. The molecule has 0 aliphatic heterocycles. The molecular formula is C13H15F3O2. The molecule has 5 heteroatoms. The lowest BCUT2D eigenvalue weighted by atomic mass is 9.79. The van der Waals surface area contributed by atoms with Crippen LogP contribution >= 0.6 is 0 Å². The van der Waals surface area contributed by atoms with Gasteiger partial charge in [0.25, 0.3) is 0 Å². The van der Waals surface area contributed by atoms with Gasteiger partial charge in [0.15, 0.2) is 0 Å². The number of phenols is 1. The predicted molar refractivity (Wildman–Crippen MR) is 60.1 cm³/mol. The number of aromatic hydroxyl groups is 1. The minimum absolute atomic E-state index is 0.00275. The molecule has 2 rings (SSSR count). The van der Waals surface area contributed by atoms with E-state index in [1.807, 2.05) is 0 Å². The summed E-state index contributed by atoms with van der Waals surface area (Å²) in [6, 6.07) is 3.42. The maximum atomic E-state index is 12.7. The van der Waals surface area contributed by atoms with Crippen LogP contribution in [0.15, 0.2) is 18.2 Å². The van der Waals surface area contributed by atoms with Crippen LogP contribution in [0, 0.1) is 0 Å². The molecule has 0 unspecified atom stereocenters. The molecule has 1 aliphatic carbocycles. The molecule has 1 aromatic rings. The van der Waals surface area contributed by atoms with Gasteiger partial charge in [-0.15, -0.1) is 0 Å². The molecule has 18 heavy (non-hydrogen) atoms. The number of aliphatic hydroxyl groups is 1. The van der Waals surface area contributed by atoms with Gasteiger partial charge in [-0.05, 0) is 18.9 Å². The zero-order chi connectivity index (χ0) is 13.4. The van der Waals surface area contributed by atoms with Gasteiger partial charge in [0.1, 0.15) is 5.75 Å². The lowest BCUT2D eigenvalue weighted by Gasteiger charge is -2.33. The van der Waals surface area contributed by atoms with E-state index in [2.05, 4.69) is 0 Å². The van der Waals surface area contributed by atoms with Gasteiger partial charge < -0.3 is 10.2 Å². The van der Waals surface area contributed by atoms with Gasteiger partial charge in [0.2, 0.25) is 0 Å². The highest BCUT2D eigenvalue weighted by Crippen LogP contribution is 2.45. The second-order valence-electron chi connectivity index (χ2n) is 4.79. The van der Waals surface area contributed by atoms with Crippen LogP contribution in [0.25, 0.3) is 0 Å². The van der Waals surface area contributed by atoms with Crippen LogP contribution in [0.4, 0.5) is 13.2 Å². The monoisotopic (exact) mass is 260 g/mol. The summed E-state index contributed by atoms with van der Waals surface area (Å²) in [5, 5.41) is 20.1. The van der Waals surface area contributed by atoms with E-state index in [0.717, 1.165) is 25.3 Å². The SMILES string of the molecule is Oc1c(C(F)(F)F)cccc1C1(O)CCCCC1. The van der Waals surface area contributed by atoms with E-state index < -0.39 is 23.1 Å². The molecule has 1 aromatic carbocycles. The molecule has 1 aliphatic rings. The van der Waals surface area contributed by atoms with Gasteiger partial charge in [0, 0.05) is 5.56 Å². The topological polar surface area (TPSA) is 40.5 Å². The lowest BCUT2D eigenvalue weighted by molar-refractivity contribution is -0.139. The third-order valence-electron chi connectivity index (χ3n) is 3.52. The van der Waals surface area contributed by atoms with Crippen LogP contribution in [-0.4, -0.2) is 10.2 Å². The molecule has 2 nitrogen and oxygen atoms in total. The fraction of sp³-hybridized carbons (Fsp3) is 0.538. The lowest BCUT2D eigenvalue weighted by Crippen LogP contribution is -2.29. The second-order valence-corrected chi connectivity index (χ2v) is 4.79. The zero-order valence-corrected chi connectivity index (χ0v) is 9.80. The average Bonchev–Trinajstić information content (AvgIpc) is 2.28. The van der Waals surface area contributed by atoms with E-state index in [4.69, 9.17) is 0 Å². The first-order chi connectivity index (χ1) is 8.34. The van der Waals surface area contributed by atoms with Crippen LogP contribution in [0.3, 0.4) is 0 Å². The summed E-state index contributed by atoms with van der Waals surface area (Å²) in [4.78, 5) is 0. The molecule has 0 heterocycles. The van der Waals surface area contributed by atoms with Crippen molar-refractivity contribution in [3.8, 4) is 5.75 Å². The number of hydrogen-bond acceptors (Lipinski definition) is 2. The minimum Gasteiger partial charge on any atom is -0.507 e. The first-order valence-electron chi connectivity index (χ1n) is 5.97. The van der Waals surface area contributed by atoms with Gasteiger partial charge >= 0.3 is 6.18 Å². The molecule has 1 saturated carbocycles. The Morgan fingerprint density at radius 3 is 2.22 bits per heavy atom. The number of alkyl halides is 3. The third kappa shape index (κ3) is 2.32. The van der Waals surface area contributed by atoms with Gasteiger partial charge in [-0.2, -0.15) is 13.2 Å². The Morgan fingerprint density at radius 1 is 1.06 bits per heavy atom. The maximum Gasteiger partial charge on any atom is 0.419 e. The van der Waals surface area contributed by atoms with Crippen molar-refractivity contribution in [2.45, 2.75) is 43.9 Å². The van der Waals surface area contributed by atoms with Gasteiger partial charge in [0.05, 0.1) is 11.2 Å². The summed E-state index contributed by atoms with van der Waals surface area (Å²) >= 11 is 0. The summed E-state index contributed by atoms with van der Waals surface area (Å²) in [6.45, 7) is 0. The zero-order valence-electron chi connectivity index (χ0n) is 9.80. The second kappa shape index (κ2) is 4.46. The van der Waals surface area contributed by atoms with E-state index in [1.165, 1.54) is 12.1 Å². The highest BCUT2D eigenvalue weighted by atomic mass is 19.4. The van der Waals surface area contributed by atoms with Crippen LogP contribution in [0.2, 0.25) is 0 Å². The van der Waals surface area contributed by atoms with Gasteiger partial charge in [-0.25, -0.2) is 0 Å². The molecule has 0 bridgehead atoms. The Labute approximate surface area is 103 Å². The summed E-state index contributed by atoms with van der Waals surface area (Å²) in [5.41, 5.74) is -2.42. The molecule has 1 fully saturated rings. The standard InChI is InChI=1S/C13H15F3O2/c14-13(15,16)10-6-4-5-9(11(10)17)12(18)7-2-1-3-8-12/h4-6,17-18H,1-3,7-8H2. The van der Waals surface area contributed by atoms with Crippen LogP contribution < -0.4 is 0 Å². The number of benzene rings is 1. The molecule has 0 saturated heterocycles. The summed E-state index contributed by atoms with van der Waals surface area (Å²) in [5.74, 6) is -0.839. The smallest absolute Gasteiger partial charge is 0.419 e. The number of phenolic OH excluding ortho intramolecular Hbond substituents is 1. The van der Waals surface area contributed by atoms with Crippen molar-refractivity contribution in [3.63, 3.8) is 0 Å². The number of para-hydroxylation sites is 1. The Kier molecular flexibility index (Phi) is 3.27. The van der Waals surface area contributed by atoms with Crippen molar-refractivity contribution in [3.05, 3.63) is 29.3 Å². The van der Waals surface area contributed by atoms with Crippen LogP contribution in [-0.2, 0) is 11.8 Å². The van der Waals surface area contributed by atoms with Crippen molar-refractivity contribution in [2.24, 2.45) is 0 Å². The van der Waals surface area contributed by atoms with Crippen molar-refractivity contribution in [2.75, 3.05) is 0 Å². The maximum absolute atomic E-state index is 12.7. The van der Waals surface area contributed by atoms with Crippen molar-refractivity contribution in [1.29, 1.82) is 0 Å². The van der Waals surface area contributed by atoms with E-state index in [9.17, 15) is 23.4 Å². The van der Waals surface area contributed by atoms with E-state index >= 15 is 0 Å². The molecule has 0 radical (unpaired) electrons. The molecule has 0 spiro atoms. The van der Waals surface area contributed by atoms with Crippen LogP contribution in [0.5, 0.6) is 5.75 Å². The first-order valence-corrected chi connectivity index (χ1v) is 5.97. The predicted octanol–water partition coefficient (Wildman–Crippen LogP) is 3.56. The van der Waals surface area contributed by atoms with Crippen molar-refractivity contribution in [1.82, 2.24) is 0 Å². The van der Waals surface area contributed by atoms with Gasteiger partial charge in [-0.1, -0.05) is 31.4 Å². The Balaban J connectivity index is 2.45. The summed E-state index contributed by atoms with van der Waals surface area (Å²) in [6.07, 6.45) is -1.35. The van der Waals surface area contributed by atoms with E-state index in [0.29, 0.717) is 12.8 Å². The van der Waals surface area contributed by atoms with Gasteiger partial charge in [-0.3, -0.25) is 0 Å². The Bertz CT molecular complexity index is 434. The molecule has 0 aromatic heterocycles. The first kappa shape index (κ1) is 13.2. The van der Waals surface area contributed by atoms with Crippen molar-refractivity contribution < 1.29 is 23.4 Å². The normalized spacial score (nSPS) is 19.8. The largest absolute Gasteiger partial charge is 0.507 e. The molecule has 2 N–H and O–H groups in total. The van der Waals surface area contributed by atoms with Crippen molar-refractivity contribution >= 4 is 0 Å². The Hall–Kier alpha value is -1.23. The summed E-state index contributed by atoms with van der Waals surface area (Å²) < 4.78 is 38.0. The fourth-order valence-electron chi connectivity index (χ4n) is 2.55. The fourth-order valence-corrected chi connectivity index (χ4v) is 2.55. The number of rotatable bonds is 1. The minimum atomic E-state index is -4.61.